The molecule has 0 N–H and O–H groups in total. The Morgan fingerprint density at radius 2 is 0.740 bits per heavy atom. The van der Waals surface area contributed by atoms with Crippen molar-refractivity contribution in [2.24, 2.45) is 0 Å². The highest BCUT2D eigenvalue weighted by Gasteiger charge is 2.34. The van der Waals surface area contributed by atoms with Gasteiger partial charge in [0.2, 0.25) is 0 Å². The first kappa shape index (κ1) is 48.3. The molecule has 0 fully saturated rings. The third kappa shape index (κ3) is 9.37. The van der Waals surface area contributed by atoms with Crippen molar-refractivity contribution >= 4 is 21.8 Å². The predicted octanol–water partition coefficient (Wildman–Crippen LogP) is 17.1. The van der Waals surface area contributed by atoms with E-state index < -0.39 is 23.5 Å². The molecule has 3 aromatic heterocycles. The van der Waals surface area contributed by atoms with Crippen LogP contribution < -0.4 is 0 Å². The molecule has 12 aromatic rings. The number of aromatic nitrogens is 7. The van der Waals surface area contributed by atoms with E-state index in [2.05, 4.69) is 0 Å². The zero-order chi connectivity index (χ0) is 53.0. The molecule has 12 rings (SSSR count). The molecule has 0 unspecified atom stereocenters. The number of aryl methyl sites for hydroxylation is 2. The standard InChI is InChI=1S/C64H41F6N7/c1-38-23-28-49(53(33-38)64(68,69)70)45-25-30-51-50-29-24-44(48-31-27-47(34-39(48)2)63(65,66)67)36-55(50)77(56(51)37-45)54-32-26-46(61-73-57(40-15-7-3-8-16-40)71-58(74-61)41-17-9-4-10-18-41)35-52(54)62-75-59(42-19-11-5-12-20-42)72-60(76-62)43-21-13-6-14-22-43/h3-37H,1-2H3. The number of nitrogens with zero attached hydrogens (tertiary/aromatic N) is 7. The van der Waals surface area contributed by atoms with Crippen molar-refractivity contribution in [1.82, 2.24) is 34.5 Å². The van der Waals surface area contributed by atoms with Gasteiger partial charge in [0.05, 0.1) is 27.8 Å². The molecule has 0 aliphatic heterocycles. The third-order valence-electron chi connectivity index (χ3n) is 13.6. The minimum atomic E-state index is -4.66. The third-order valence-corrected chi connectivity index (χ3v) is 13.6. The van der Waals surface area contributed by atoms with Crippen molar-refractivity contribution in [3.8, 4) is 96.3 Å². The summed E-state index contributed by atoms with van der Waals surface area (Å²) in [5, 5.41) is 1.44. The Balaban J connectivity index is 1.18. The average Bonchev–Trinajstić information content (AvgIpc) is 3.98. The van der Waals surface area contributed by atoms with Crippen LogP contribution in [0.4, 0.5) is 26.3 Å². The molecular formula is C64H41F6N7. The predicted molar refractivity (Wildman–Crippen MR) is 291 cm³/mol. The second-order valence-electron chi connectivity index (χ2n) is 18.7. The monoisotopic (exact) mass is 1020 g/mol. The van der Waals surface area contributed by atoms with Crippen LogP contribution in [0.2, 0.25) is 0 Å². The van der Waals surface area contributed by atoms with Crippen LogP contribution in [0.15, 0.2) is 212 Å². The fraction of sp³-hybridized carbons (Fsp3) is 0.0625. The highest BCUT2D eigenvalue weighted by atomic mass is 19.4. The van der Waals surface area contributed by atoms with Gasteiger partial charge in [0.1, 0.15) is 0 Å². The molecule has 0 saturated heterocycles. The minimum absolute atomic E-state index is 0.00537. The Hall–Kier alpha value is -9.62. The lowest BCUT2D eigenvalue weighted by atomic mass is 9.96. The van der Waals surface area contributed by atoms with Gasteiger partial charge in [-0.2, -0.15) is 26.3 Å². The molecular weight excluding hydrogens is 981 g/mol. The molecule has 0 aliphatic rings. The van der Waals surface area contributed by atoms with E-state index in [4.69, 9.17) is 29.9 Å². The van der Waals surface area contributed by atoms with Crippen LogP contribution in [0.5, 0.6) is 0 Å². The summed E-state index contributed by atoms with van der Waals surface area (Å²) in [6.07, 6.45) is -9.21. The van der Waals surface area contributed by atoms with Gasteiger partial charge < -0.3 is 4.57 Å². The van der Waals surface area contributed by atoms with Gasteiger partial charge in [-0.1, -0.05) is 169 Å². The first-order chi connectivity index (χ1) is 37.2. The molecule has 9 aromatic carbocycles. The minimum Gasteiger partial charge on any atom is -0.308 e. The summed E-state index contributed by atoms with van der Waals surface area (Å²) in [4.78, 5) is 30.5. The molecule has 7 nitrogen and oxygen atoms in total. The largest absolute Gasteiger partial charge is 0.417 e. The van der Waals surface area contributed by atoms with Crippen LogP contribution >= 0.6 is 0 Å². The van der Waals surface area contributed by atoms with Gasteiger partial charge in [-0.05, 0) is 90.2 Å². The molecule has 0 amide bonds. The second-order valence-corrected chi connectivity index (χ2v) is 18.7. The van der Waals surface area contributed by atoms with Gasteiger partial charge >= 0.3 is 12.4 Å². The van der Waals surface area contributed by atoms with Crippen molar-refractivity contribution in [1.29, 1.82) is 0 Å². The number of hydrogen-bond donors (Lipinski definition) is 0. The summed E-state index contributed by atoms with van der Waals surface area (Å²) in [6, 6.07) is 62.7. The van der Waals surface area contributed by atoms with Crippen LogP contribution in [-0.4, -0.2) is 34.5 Å². The van der Waals surface area contributed by atoms with Gasteiger partial charge in [0.25, 0.3) is 0 Å². The van der Waals surface area contributed by atoms with E-state index in [0.29, 0.717) is 90.2 Å². The zero-order valence-electron chi connectivity index (χ0n) is 41.1. The van der Waals surface area contributed by atoms with Crippen molar-refractivity contribution < 1.29 is 26.3 Å². The molecule has 0 saturated carbocycles. The van der Waals surface area contributed by atoms with Crippen LogP contribution in [-0.2, 0) is 12.4 Å². The maximum Gasteiger partial charge on any atom is 0.417 e. The number of alkyl halides is 6. The average molecular weight is 1020 g/mol. The van der Waals surface area contributed by atoms with E-state index in [-0.39, 0.29) is 11.4 Å². The Morgan fingerprint density at radius 1 is 0.325 bits per heavy atom. The van der Waals surface area contributed by atoms with Gasteiger partial charge in [-0.25, -0.2) is 29.9 Å². The second kappa shape index (κ2) is 19.3. The molecule has 3 heterocycles. The summed E-state index contributed by atoms with van der Waals surface area (Å²) < 4.78 is 88.8. The molecule has 0 aliphatic carbocycles. The molecule has 0 bridgehead atoms. The van der Waals surface area contributed by atoms with Crippen LogP contribution in [0.3, 0.4) is 0 Å². The fourth-order valence-electron chi connectivity index (χ4n) is 9.84. The summed E-state index contributed by atoms with van der Waals surface area (Å²) in [6.45, 7) is 3.26. The maximum absolute atomic E-state index is 14.9. The highest BCUT2D eigenvalue weighted by Crippen LogP contribution is 2.44. The quantitative estimate of drug-likeness (QED) is 0.134. The zero-order valence-corrected chi connectivity index (χ0v) is 41.1. The number of fused-ring (bicyclic) bond motifs is 3. The molecule has 374 valence electrons. The van der Waals surface area contributed by atoms with E-state index in [1.165, 1.54) is 12.1 Å². The normalized spacial score (nSPS) is 11.9. The van der Waals surface area contributed by atoms with E-state index in [1.54, 1.807) is 32.0 Å². The van der Waals surface area contributed by atoms with Crippen molar-refractivity contribution in [3.63, 3.8) is 0 Å². The van der Waals surface area contributed by atoms with E-state index in [1.807, 2.05) is 168 Å². The van der Waals surface area contributed by atoms with Gasteiger partial charge in [-0.15, -0.1) is 0 Å². The topological polar surface area (TPSA) is 82.3 Å². The van der Waals surface area contributed by atoms with Gasteiger partial charge in [-0.3, -0.25) is 0 Å². The maximum atomic E-state index is 14.9. The Bertz CT molecular complexity index is 4080. The van der Waals surface area contributed by atoms with Crippen molar-refractivity contribution in [2.45, 2.75) is 26.2 Å². The number of hydrogen-bond acceptors (Lipinski definition) is 6. The number of rotatable bonds is 9. The molecule has 0 radical (unpaired) electrons. The SMILES string of the molecule is Cc1ccc(-c2ccc3c4ccc(-c5ccc(C(F)(F)F)cc5C)cc4n(-c4ccc(-c5nc(-c6ccccc6)nc(-c6ccccc6)n5)cc4-c4nc(-c5ccccc5)nc(-c5ccccc5)n4)c3c2)c(C(F)(F)F)c1. The fourth-order valence-corrected chi connectivity index (χ4v) is 9.84. The Morgan fingerprint density at radius 3 is 1.18 bits per heavy atom. The lowest BCUT2D eigenvalue weighted by Crippen LogP contribution is -2.07. The molecule has 0 spiro atoms. The first-order valence-electron chi connectivity index (χ1n) is 24.6. The number of halogens is 6. The Labute approximate surface area is 437 Å². The van der Waals surface area contributed by atoms with Crippen LogP contribution in [0.1, 0.15) is 22.3 Å². The van der Waals surface area contributed by atoms with Crippen molar-refractivity contribution in [3.05, 3.63) is 235 Å². The van der Waals surface area contributed by atoms with Crippen molar-refractivity contribution in [2.75, 3.05) is 0 Å². The summed E-state index contributed by atoms with van der Waals surface area (Å²) in [5.74, 6) is 2.24. The summed E-state index contributed by atoms with van der Waals surface area (Å²) in [5.41, 5.74) is 6.52. The smallest absolute Gasteiger partial charge is 0.308 e. The summed E-state index contributed by atoms with van der Waals surface area (Å²) >= 11 is 0. The van der Waals surface area contributed by atoms with E-state index in [0.717, 1.165) is 45.8 Å². The highest BCUT2D eigenvalue weighted by molar-refractivity contribution is 6.12. The first-order valence-corrected chi connectivity index (χ1v) is 24.6. The van der Waals surface area contributed by atoms with Crippen LogP contribution in [0, 0.1) is 13.8 Å². The van der Waals surface area contributed by atoms with Gasteiger partial charge in [0, 0.05) is 44.2 Å². The molecule has 0 atom stereocenters. The number of benzene rings is 9. The van der Waals surface area contributed by atoms with E-state index >= 15 is 0 Å². The summed E-state index contributed by atoms with van der Waals surface area (Å²) in [7, 11) is 0. The lowest BCUT2D eigenvalue weighted by Gasteiger charge is -2.18. The molecule has 13 heteroatoms. The van der Waals surface area contributed by atoms with Gasteiger partial charge in [0.15, 0.2) is 34.9 Å². The molecule has 77 heavy (non-hydrogen) atoms. The lowest BCUT2D eigenvalue weighted by molar-refractivity contribution is -0.138. The Kier molecular flexibility index (Phi) is 12.1. The van der Waals surface area contributed by atoms with E-state index in [9.17, 15) is 26.3 Å². The van der Waals surface area contributed by atoms with Crippen LogP contribution in [0.25, 0.3) is 118 Å².